The summed E-state index contributed by atoms with van der Waals surface area (Å²) >= 11 is 0. The molecule has 1 fully saturated rings. The van der Waals surface area contributed by atoms with Crippen molar-refractivity contribution in [3.63, 3.8) is 0 Å². The van der Waals surface area contributed by atoms with E-state index in [1.807, 2.05) is 30.3 Å². The van der Waals surface area contributed by atoms with Gasteiger partial charge in [-0.3, -0.25) is 9.59 Å². The maximum absolute atomic E-state index is 12.8. The van der Waals surface area contributed by atoms with Gasteiger partial charge in [-0.05, 0) is 31.2 Å². The molecule has 1 amide bonds. The second kappa shape index (κ2) is 9.17. The standard InChI is InChI=1S/C21H31NO4/c1-3-8-17(9-4-2)19(24)22-13-12-21(20(25)26,18(23)15-22)14-16-10-6-5-7-11-16/h5-7,10-11,17-18,23H,3-4,8-9,12-15H2,1-2H3,(H,25,26)/t18-,21-/m1/s1. The lowest BCUT2D eigenvalue weighted by atomic mass is 9.71. The quantitative estimate of drug-likeness (QED) is 0.746. The van der Waals surface area contributed by atoms with Gasteiger partial charge in [-0.25, -0.2) is 0 Å². The summed E-state index contributed by atoms with van der Waals surface area (Å²) in [5, 5.41) is 20.6. The van der Waals surface area contributed by atoms with Gasteiger partial charge in [0.25, 0.3) is 0 Å². The Balaban J connectivity index is 2.13. The number of hydrogen-bond donors (Lipinski definition) is 2. The van der Waals surface area contributed by atoms with Crippen LogP contribution in [-0.2, 0) is 16.0 Å². The number of carboxylic acid groups (broad SMARTS) is 1. The van der Waals surface area contributed by atoms with E-state index in [0.717, 1.165) is 31.2 Å². The Kier molecular flexibility index (Phi) is 7.21. The molecule has 2 rings (SSSR count). The molecule has 26 heavy (non-hydrogen) atoms. The van der Waals surface area contributed by atoms with Crippen molar-refractivity contribution in [3.05, 3.63) is 35.9 Å². The second-order valence-corrected chi connectivity index (χ2v) is 7.45. The summed E-state index contributed by atoms with van der Waals surface area (Å²) in [6.45, 7) is 4.62. The van der Waals surface area contributed by atoms with Crippen molar-refractivity contribution in [1.29, 1.82) is 0 Å². The average molecular weight is 361 g/mol. The number of nitrogens with zero attached hydrogens (tertiary/aromatic N) is 1. The van der Waals surface area contributed by atoms with Gasteiger partial charge in [0.05, 0.1) is 6.10 Å². The Bertz CT molecular complexity index is 597. The van der Waals surface area contributed by atoms with Gasteiger partial charge in [-0.2, -0.15) is 0 Å². The van der Waals surface area contributed by atoms with Crippen LogP contribution < -0.4 is 0 Å². The SMILES string of the molecule is CCCC(CCC)C(=O)N1CC[C@](Cc2ccccc2)(C(=O)O)[C@H](O)C1. The Labute approximate surface area is 156 Å². The lowest BCUT2D eigenvalue weighted by Crippen LogP contribution is -2.57. The van der Waals surface area contributed by atoms with Crippen LogP contribution in [-0.4, -0.2) is 46.2 Å². The van der Waals surface area contributed by atoms with E-state index in [2.05, 4.69) is 13.8 Å². The number of benzene rings is 1. The van der Waals surface area contributed by atoms with E-state index in [4.69, 9.17) is 0 Å². The molecule has 1 aromatic rings. The highest BCUT2D eigenvalue weighted by Crippen LogP contribution is 2.36. The van der Waals surface area contributed by atoms with Crippen LogP contribution in [0.4, 0.5) is 0 Å². The van der Waals surface area contributed by atoms with Crippen LogP contribution in [0.15, 0.2) is 30.3 Å². The number of aliphatic hydroxyl groups excluding tert-OH is 1. The number of carbonyl (C=O) groups excluding carboxylic acids is 1. The fraction of sp³-hybridized carbons (Fsp3) is 0.619. The predicted octanol–water partition coefficient (Wildman–Crippen LogP) is 3.11. The molecule has 1 heterocycles. The summed E-state index contributed by atoms with van der Waals surface area (Å²) in [5.74, 6) is -0.949. The van der Waals surface area contributed by atoms with E-state index < -0.39 is 17.5 Å². The van der Waals surface area contributed by atoms with Crippen LogP contribution in [0.1, 0.15) is 51.5 Å². The number of hydrogen-bond acceptors (Lipinski definition) is 3. The molecule has 1 aliphatic rings. The average Bonchev–Trinajstić information content (AvgIpc) is 2.63. The van der Waals surface area contributed by atoms with Crippen molar-refractivity contribution < 1.29 is 19.8 Å². The van der Waals surface area contributed by atoms with Crippen LogP contribution >= 0.6 is 0 Å². The molecule has 5 nitrogen and oxygen atoms in total. The maximum Gasteiger partial charge on any atom is 0.312 e. The van der Waals surface area contributed by atoms with Crippen molar-refractivity contribution in [2.24, 2.45) is 11.3 Å². The van der Waals surface area contributed by atoms with Gasteiger partial charge in [0, 0.05) is 19.0 Å². The van der Waals surface area contributed by atoms with Crippen LogP contribution in [0.3, 0.4) is 0 Å². The van der Waals surface area contributed by atoms with Crippen molar-refractivity contribution in [3.8, 4) is 0 Å². The molecule has 0 saturated carbocycles. The number of aliphatic hydroxyl groups is 1. The maximum atomic E-state index is 12.8. The zero-order valence-electron chi connectivity index (χ0n) is 15.9. The lowest BCUT2D eigenvalue weighted by molar-refractivity contribution is -0.167. The number of β-amino-alcohol motifs (C(OH)–C–C–N with tert-alkyl or cyclic N) is 1. The zero-order valence-corrected chi connectivity index (χ0v) is 15.9. The molecule has 144 valence electrons. The molecular weight excluding hydrogens is 330 g/mol. The number of rotatable bonds is 8. The van der Waals surface area contributed by atoms with Gasteiger partial charge in [0.1, 0.15) is 5.41 Å². The third-order valence-corrected chi connectivity index (χ3v) is 5.58. The van der Waals surface area contributed by atoms with E-state index in [1.165, 1.54) is 0 Å². The first kappa shape index (κ1) is 20.4. The highest BCUT2D eigenvalue weighted by Gasteiger charge is 2.49. The topological polar surface area (TPSA) is 77.8 Å². The predicted molar refractivity (Wildman–Crippen MR) is 101 cm³/mol. The van der Waals surface area contributed by atoms with Crippen LogP contribution in [0.5, 0.6) is 0 Å². The summed E-state index contributed by atoms with van der Waals surface area (Å²) in [4.78, 5) is 26.5. The number of carboxylic acids is 1. The van der Waals surface area contributed by atoms with Crippen molar-refractivity contribution in [2.45, 2.75) is 58.5 Å². The fourth-order valence-electron chi connectivity index (χ4n) is 4.01. The molecule has 1 aromatic carbocycles. The summed E-state index contributed by atoms with van der Waals surface area (Å²) in [6.07, 6.45) is 3.05. The van der Waals surface area contributed by atoms with E-state index in [9.17, 15) is 19.8 Å². The molecule has 2 atom stereocenters. The van der Waals surface area contributed by atoms with Gasteiger partial charge in [0.15, 0.2) is 0 Å². The van der Waals surface area contributed by atoms with Crippen molar-refractivity contribution >= 4 is 11.9 Å². The Morgan fingerprint density at radius 3 is 2.31 bits per heavy atom. The zero-order chi connectivity index (χ0) is 19.2. The number of aliphatic carboxylic acids is 1. The minimum atomic E-state index is -1.23. The normalized spacial score (nSPS) is 23.2. The molecular formula is C21H31NO4. The van der Waals surface area contributed by atoms with Crippen LogP contribution in [0.25, 0.3) is 0 Å². The molecule has 1 aliphatic heterocycles. The molecule has 1 saturated heterocycles. The smallest absolute Gasteiger partial charge is 0.312 e. The van der Waals surface area contributed by atoms with Gasteiger partial charge in [-0.15, -0.1) is 0 Å². The number of amides is 1. The molecule has 0 aromatic heterocycles. The summed E-state index contributed by atoms with van der Waals surface area (Å²) in [5.41, 5.74) is -0.341. The minimum Gasteiger partial charge on any atom is -0.481 e. The molecule has 0 unspecified atom stereocenters. The lowest BCUT2D eigenvalue weighted by Gasteiger charge is -2.43. The third kappa shape index (κ3) is 4.44. The molecule has 0 aliphatic carbocycles. The molecule has 0 spiro atoms. The number of carbonyl (C=O) groups is 2. The van der Waals surface area contributed by atoms with Gasteiger partial charge in [0.2, 0.25) is 5.91 Å². The monoisotopic (exact) mass is 361 g/mol. The van der Waals surface area contributed by atoms with Gasteiger partial charge in [-0.1, -0.05) is 57.0 Å². The van der Waals surface area contributed by atoms with E-state index in [-0.39, 0.29) is 31.2 Å². The van der Waals surface area contributed by atoms with Crippen molar-refractivity contribution in [2.75, 3.05) is 13.1 Å². The largest absolute Gasteiger partial charge is 0.481 e. The van der Waals surface area contributed by atoms with E-state index in [0.29, 0.717) is 6.54 Å². The molecule has 2 N–H and O–H groups in total. The highest BCUT2D eigenvalue weighted by atomic mass is 16.4. The summed E-state index contributed by atoms with van der Waals surface area (Å²) in [6, 6.07) is 9.39. The molecule has 5 heteroatoms. The van der Waals surface area contributed by atoms with E-state index >= 15 is 0 Å². The minimum absolute atomic E-state index is 0.0244. The number of likely N-dealkylation sites (tertiary alicyclic amines) is 1. The van der Waals surface area contributed by atoms with E-state index in [1.54, 1.807) is 4.90 Å². The first-order valence-corrected chi connectivity index (χ1v) is 9.68. The van der Waals surface area contributed by atoms with Crippen LogP contribution in [0.2, 0.25) is 0 Å². The summed E-state index contributed by atoms with van der Waals surface area (Å²) < 4.78 is 0. The Morgan fingerprint density at radius 2 is 1.81 bits per heavy atom. The first-order valence-electron chi connectivity index (χ1n) is 9.68. The highest BCUT2D eigenvalue weighted by molar-refractivity contribution is 5.80. The fourth-order valence-corrected chi connectivity index (χ4v) is 4.01. The van der Waals surface area contributed by atoms with Gasteiger partial charge >= 0.3 is 5.97 Å². The second-order valence-electron chi connectivity index (χ2n) is 7.45. The third-order valence-electron chi connectivity index (χ3n) is 5.58. The Hall–Kier alpha value is -1.88. The van der Waals surface area contributed by atoms with Crippen molar-refractivity contribution in [1.82, 2.24) is 4.90 Å². The van der Waals surface area contributed by atoms with Gasteiger partial charge < -0.3 is 15.1 Å². The molecule has 0 radical (unpaired) electrons. The summed E-state index contributed by atoms with van der Waals surface area (Å²) in [7, 11) is 0. The molecule has 0 bridgehead atoms. The Morgan fingerprint density at radius 1 is 1.19 bits per heavy atom. The first-order chi connectivity index (χ1) is 12.4. The number of piperidine rings is 1. The van der Waals surface area contributed by atoms with Crippen LogP contribution in [0, 0.1) is 11.3 Å².